The highest BCUT2D eigenvalue weighted by Gasteiger charge is 2.32. The first-order valence-electron chi connectivity index (χ1n) is 8.16. The lowest BCUT2D eigenvalue weighted by Crippen LogP contribution is -2.47. The molecule has 2 aromatic carbocycles. The molecule has 0 fully saturated rings. The van der Waals surface area contributed by atoms with Gasteiger partial charge in [-0.25, -0.2) is 4.39 Å². The van der Waals surface area contributed by atoms with Crippen LogP contribution in [0.3, 0.4) is 0 Å². The van der Waals surface area contributed by atoms with E-state index in [0.29, 0.717) is 17.2 Å². The number of Topliss-reactive ketones (excluding diaryl/α,β-unsaturated/α-hetero) is 1. The van der Waals surface area contributed by atoms with Gasteiger partial charge in [-0.05, 0) is 61.5 Å². The Balaban J connectivity index is 1.98. The summed E-state index contributed by atoms with van der Waals surface area (Å²) < 4.78 is 14.3. The van der Waals surface area contributed by atoms with Gasteiger partial charge in [0.1, 0.15) is 5.82 Å². The lowest BCUT2D eigenvalue weighted by atomic mass is 9.92. The van der Waals surface area contributed by atoms with Crippen molar-refractivity contribution in [3.63, 3.8) is 0 Å². The molecular formula is C20H18BrFN2OS. The van der Waals surface area contributed by atoms with Crippen LogP contribution in [0.2, 0.25) is 0 Å². The van der Waals surface area contributed by atoms with Crippen molar-refractivity contribution in [1.82, 2.24) is 10.2 Å². The second-order valence-electron chi connectivity index (χ2n) is 6.20. The van der Waals surface area contributed by atoms with E-state index in [2.05, 4.69) is 21.2 Å². The molecule has 1 heterocycles. The van der Waals surface area contributed by atoms with Crippen LogP contribution in [0.5, 0.6) is 0 Å². The van der Waals surface area contributed by atoms with Gasteiger partial charge in [0.25, 0.3) is 0 Å². The molecule has 1 aliphatic heterocycles. The number of ketones is 1. The van der Waals surface area contributed by atoms with Gasteiger partial charge >= 0.3 is 0 Å². The van der Waals surface area contributed by atoms with E-state index in [1.54, 1.807) is 19.1 Å². The van der Waals surface area contributed by atoms with Gasteiger partial charge in [0.2, 0.25) is 0 Å². The molecule has 1 unspecified atom stereocenters. The van der Waals surface area contributed by atoms with Crippen LogP contribution in [0.4, 0.5) is 4.39 Å². The Hall–Kier alpha value is -2.05. The molecule has 1 atom stereocenters. The molecule has 0 saturated heterocycles. The summed E-state index contributed by atoms with van der Waals surface area (Å²) in [7, 11) is 0. The highest BCUT2D eigenvalue weighted by molar-refractivity contribution is 9.10. The van der Waals surface area contributed by atoms with Gasteiger partial charge in [0.15, 0.2) is 10.9 Å². The number of carbonyl (C=O) groups excluding carboxylic acids is 1. The van der Waals surface area contributed by atoms with Crippen molar-refractivity contribution in [3.8, 4) is 0 Å². The number of hydrogen-bond acceptors (Lipinski definition) is 2. The number of nitrogens with zero attached hydrogens (tertiary/aromatic N) is 1. The summed E-state index contributed by atoms with van der Waals surface area (Å²) in [5, 5.41) is 3.79. The molecule has 26 heavy (non-hydrogen) atoms. The summed E-state index contributed by atoms with van der Waals surface area (Å²) in [5.74, 6) is -0.346. The second kappa shape index (κ2) is 7.68. The van der Waals surface area contributed by atoms with Crippen LogP contribution in [0.25, 0.3) is 0 Å². The van der Waals surface area contributed by atoms with Crippen LogP contribution in [-0.4, -0.2) is 15.8 Å². The molecule has 3 rings (SSSR count). The summed E-state index contributed by atoms with van der Waals surface area (Å²) in [6.07, 6.45) is 0. The molecule has 0 saturated carbocycles. The second-order valence-corrected chi connectivity index (χ2v) is 7.50. The predicted molar refractivity (Wildman–Crippen MR) is 108 cm³/mol. The SMILES string of the molecule is CC(=O)C1=C(C)N(Cc2ccc(Br)cc2)C(=S)NC1c1ccc(F)cc1. The maximum absolute atomic E-state index is 13.3. The van der Waals surface area contributed by atoms with Gasteiger partial charge in [-0.2, -0.15) is 0 Å². The number of allylic oxidation sites excluding steroid dienone is 1. The highest BCUT2D eigenvalue weighted by Crippen LogP contribution is 2.32. The predicted octanol–water partition coefficient (Wildman–Crippen LogP) is 4.88. The summed E-state index contributed by atoms with van der Waals surface area (Å²) in [4.78, 5) is 14.3. The fraction of sp³-hybridized carbons (Fsp3) is 0.200. The smallest absolute Gasteiger partial charge is 0.174 e. The Morgan fingerprint density at radius 3 is 2.38 bits per heavy atom. The van der Waals surface area contributed by atoms with E-state index in [1.165, 1.54) is 12.1 Å². The lowest BCUT2D eigenvalue weighted by Gasteiger charge is -2.37. The van der Waals surface area contributed by atoms with Crippen LogP contribution >= 0.6 is 28.1 Å². The van der Waals surface area contributed by atoms with Crippen molar-refractivity contribution >= 4 is 39.0 Å². The van der Waals surface area contributed by atoms with E-state index in [9.17, 15) is 9.18 Å². The molecule has 1 N–H and O–H groups in total. The zero-order chi connectivity index (χ0) is 18.8. The van der Waals surface area contributed by atoms with Gasteiger partial charge in [0.05, 0.1) is 6.04 Å². The Morgan fingerprint density at radius 1 is 1.19 bits per heavy atom. The Kier molecular flexibility index (Phi) is 5.53. The van der Waals surface area contributed by atoms with Gasteiger partial charge < -0.3 is 10.2 Å². The zero-order valence-corrected chi connectivity index (χ0v) is 16.8. The first-order chi connectivity index (χ1) is 12.4. The number of carbonyl (C=O) groups is 1. The first kappa shape index (κ1) is 18.7. The molecule has 0 aliphatic carbocycles. The molecule has 0 spiro atoms. The van der Waals surface area contributed by atoms with Crippen LogP contribution in [-0.2, 0) is 11.3 Å². The van der Waals surface area contributed by atoms with E-state index >= 15 is 0 Å². The number of halogens is 2. The number of hydrogen-bond donors (Lipinski definition) is 1. The third-order valence-electron chi connectivity index (χ3n) is 4.43. The van der Waals surface area contributed by atoms with Crippen molar-refractivity contribution in [2.24, 2.45) is 0 Å². The molecular weight excluding hydrogens is 415 g/mol. The minimum absolute atomic E-state index is 0.0346. The quantitative estimate of drug-likeness (QED) is 0.697. The number of rotatable bonds is 4. The molecule has 3 nitrogen and oxygen atoms in total. The normalized spacial score (nSPS) is 17.3. The third-order valence-corrected chi connectivity index (χ3v) is 5.30. The summed E-state index contributed by atoms with van der Waals surface area (Å²) in [6, 6.07) is 13.7. The van der Waals surface area contributed by atoms with E-state index in [0.717, 1.165) is 21.3 Å². The maximum Gasteiger partial charge on any atom is 0.174 e. The van der Waals surface area contributed by atoms with Crippen molar-refractivity contribution in [3.05, 3.63) is 81.2 Å². The molecule has 1 aliphatic rings. The van der Waals surface area contributed by atoms with E-state index in [-0.39, 0.29) is 17.6 Å². The number of benzene rings is 2. The zero-order valence-electron chi connectivity index (χ0n) is 14.4. The van der Waals surface area contributed by atoms with Gasteiger partial charge in [-0.15, -0.1) is 0 Å². The Labute approximate surface area is 166 Å². The topological polar surface area (TPSA) is 32.3 Å². The molecule has 0 amide bonds. The molecule has 0 bridgehead atoms. The molecule has 0 radical (unpaired) electrons. The van der Waals surface area contributed by atoms with E-state index < -0.39 is 0 Å². The molecule has 134 valence electrons. The highest BCUT2D eigenvalue weighted by atomic mass is 79.9. The van der Waals surface area contributed by atoms with Crippen LogP contribution in [0.15, 0.2) is 64.3 Å². The third kappa shape index (κ3) is 3.86. The monoisotopic (exact) mass is 432 g/mol. The lowest BCUT2D eigenvalue weighted by molar-refractivity contribution is -0.114. The van der Waals surface area contributed by atoms with Crippen LogP contribution in [0.1, 0.15) is 31.0 Å². The fourth-order valence-corrected chi connectivity index (χ4v) is 3.69. The fourth-order valence-electron chi connectivity index (χ4n) is 3.11. The van der Waals surface area contributed by atoms with Crippen molar-refractivity contribution in [2.75, 3.05) is 0 Å². The standard InChI is InChI=1S/C20H18BrFN2OS/c1-12-18(13(2)25)19(15-5-9-17(22)10-6-15)23-20(26)24(12)11-14-3-7-16(21)8-4-14/h3-10,19H,11H2,1-2H3,(H,23,26). The average Bonchev–Trinajstić information content (AvgIpc) is 2.60. The Morgan fingerprint density at radius 2 is 1.81 bits per heavy atom. The van der Waals surface area contributed by atoms with Crippen molar-refractivity contribution in [2.45, 2.75) is 26.4 Å². The number of thiocarbonyl (C=S) groups is 1. The first-order valence-corrected chi connectivity index (χ1v) is 9.36. The van der Waals surface area contributed by atoms with Crippen molar-refractivity contribution in [1.29, 1.82) is 0 Å². The van der Waals surface area contributed by atoms with Gasteiger partial charge in [0, 0.05) is 22.3 Å². The minimum atomic E-state index is -0.373. The molecule has 0 aromatic heterocycles. The van der Waals surface area contributed by atoms with Gasteiger partial charge in [-0.3, -0.25) is 4.79 Å². The van der Waals surface area contributed by atoms with E-state index in [1.807, 2.05) is 36.1 Å². The van der Waals surface area contributed by atoms with Crippen LogP contribution in [0, 0.1) is 5.82 Å². The number of nitrogens with one attached hydrogen (secondary N) is 1. The van der Waals surface area contributed by atoms with E-state index in [4.69, 9.17) is 12.2 Å². The maximum atomic E-state index is 13.3. The summed E-state index contributed by atoms with van der Waals surface area (Å²) >= 11 is 8.99. The summed E-state index contributed by atoms with van der Waals surface area (Å²) in [5.41, 5.74) is 3.35. The van der Waals surface area contributed by atoms with Gasteiger partial charge in [-0.1, -0.05) is 40.2 Å². The van der Waals surface area contributed by atoms with Crippen molar-refractivity contribution < 1.29 is 9.18 Å². The Bertz CT molecular complexity index is 878. The summed E-state index contributed by atoms with van der Waals surface area (Å²) in [6.45, 7) is 4.01. The molecule has 6 heteroatoms. The molecule has 2 aromatic rings. The minimum Gasteiger partial charge on any atom is -0.351 e. The largest absolute Gasteiger partial charge is 0.351 e. The average molecular weight is 433 g/mol. The van der Waals surface area contributed by atoms with Crippen LogP contribution < -0.4 is 5.32 Å².